The normalized spacial score (nSPS) is 10.9. The molecule has 0 amide bonds. The molecule has 0 aliphatic heterocycles. The van der Waals surface area contributed by atoms with Crippen molar-refractivity contribution in [2.75, 3.05) is 6.54 Å². The van der Waals surface area contributed by atoms with Crippen LogP contribution in [0.4, 0.5) is 0 Å². The van der Waals surface area contributed by atoms with Crippen LogP contribution in [0.15, 0.2) is 18.5 Å². The Hall–Kier alpha value is -1.68. The van der Waals surface area contributed by atoms with E-state index in [1.165, 1.54) is 6.92 Å². The molecule has 4 heteroatoms. The molecule has 0 aliphatic rings. The minimum absolute atomic E-state index is 0.0219. The number of aryl methyl sites for hydroxylation is 1. The third kappa shape index (κ3) is 1.61. The summed E-state index contributed by atoms with van der Waals surface area (Å²) in [6.07, 6.45) is 4.34. The van der Waals surface area contributed by atoms with E-state index in [4.69, 9.17) is 5.73 Å². The van der Waals surface area contributed by atoms with Crippen LogP contribution in [0.3, 0.4) is 0 Å². The number of hydrogen-bond acceptors (Lipinski definition) is 3. The monoisotopic (exact) mass is 217 g/mol. The summed E-state index contributed by atoms with van der Waals surface area (Å²) >= 11 is 0. The highest BCUT2D eigenvalue weighted by atomic mass is 16.1. The van der Waals surface area contributed by atoms with Gasteiger partial charge in [-0.15, -0.1) is 0 Å². The van der Waals surface area contributed by atoms with E-state index in [0.29, 0.717) is 6.54 Å². The molecular weight excluding hydrogens is 202 g/mol. The lowest BCUT2D eigenvalue weighted by Gasteiger charge is -2.00. The third-order valence-corrected chi connectivity index (χ3v) is 2.73. The number of fused-ring (bicyclic) bond motifs is 1. The molecular formula is C12H15N3O. The Morgan fingerprint density at radius 3 is 2.94 bits per heavy atom. The molecule has 0 aliphatic carbocycles. The number of nitrogens with zero attached hydrogens (tertiary/aromatic N) is 2. The Balaban J connectivity index is 2.76. The van der Waals surface area contributed by atoms with E-state index in [0.717, 1.165) is 28.6 Å². The fraction of sp³-hybridized carbons (Fsp3) is 0.333. The summed E-state index contributed by atoms with van der Waals surface area (Å²) in [6.45, 7) is 4.13. The number of rotatable bonds is 2. The van der Waals surface area contributed by atoms with Gasteiger partial charge in [0.2, 0.25) is 5.91 Å². The van der Waals surface area contributed by atoms with E-state index < -0.39 is 0 Å². The predicted octanol–water partition coefficient (Wildman–Crippen LogP) is 1.51. The molecule has 16 heavy (non-hydrogen) atoms. The first-order valence-corrected chi connectivity index (χ1v) is 5.31. The quantitative estimate of drug-likeness (QED) is 0.829. The summed E-state index contributed by atoms with van der Waals surface area (Å²) in [6, 6.07) is 1.95. The first-order valence-electron chi connectivity index (χ1n) is 5.31. The second-order valence-corrected chi connectivity index (χ2v) is 3.91. The molecule has 2 N–H and O–H groups in total. The van der Waals surface area contributed by atoms with E-state index in [1.807, 2.05) is 19.2 Å². The lowest BCUT2D eigenvalue weighted by molar-refractivity contribution is 0.0941. The Morgan fingerprint density at radius 1 is 1.56 bits per heavy atom. The minimum Gasteiger partial charge on any atom is -0.330 e. The highest BCUT2D eigenvalue weighted by Crippen LogP contribution is 2.23. The van der Waals surface area contributed by atoms with Crippen molar-refractivity contribution < 1.29 is 4.79 Å². The van der Waals surface area contributed by atoms with Gasteiger partial charge in [-0.2, -0.15) is 0 Å². The topological polar surface area (TPSA) is 60.9 Å². The summed E-state index contributed by atoms with van der Waals surface area (Å²) < 4.78 is 1.59. The lowest BCUT2D eigenvalue weighted by Crippen LogP contribution is -2.04. The van der Waals surface area contributed by atoms with Crippen LogP contribution in [0.25, 0.3) is 11.0 Å². The molecule has 0 aromatic carbocycles. The zero-order chi connectivity index (χ0) is 11.7. The molecule has 2 aromatic rings. The largest absolute Gasteiger partial charge is 0.330 e. The molecule has 0 unspecified atom stereocenters. The number of carbonyl (C=O) groups excluding carboxylic acids is 1. The molecule has 0 saturated heterocycles. The number of pyridine rings is 1. The van der Waals surface area contributed by atoms with Crippen LogP contribution in [0.1, 0.15) is 22.8 Å². The average Bonchev–Trinajstić information content (AvgIpc) is 2.59. The smallest absolute Gasteiger partial charge is 0.229 e. The van der Waals surface area contributed by atoms with Crippen LogP contribution in [-0.2, 0) is 6.42 Å². The first-order chi connectivity index (χ1) is 7.65. The summed E-state index contributed by atoms with van der Waals surface area (Å²) in [7, 11) is 0. The van der Waals surface area contributed by atoms with Gasteiger partial charge in [0.1, 0.15) is 5.65 Å². The van der Waals surface area contributed by atoms with E-state index in [2.05, 4.69) is 4.98 Å². The Morgan fingerprint density at radius 2 is 2.31 bits per heavy atom. The Labute approximate surface area is 94.1 Å². The molecule has 4 nitrogen and oxygen atoms in total. The van der Waals surface area contributed by atoms with Gasteiger partial charge in [0.15, 0.2) is 0 Å². The van der Waals surface area contributed by atoms with Crippen LogP contribution < -0.4 is 5.73 Å². The summed E-state index contributed by atoms with van der Waals surface area (Å²) in [4.78, 5) is 15.7. The standard InChI is InChI=1S/C12H15N3O/c1-8-4-6-14-12-11(8)10(3-5-13)7-15(12)9(2)16/h4,6-7H,3,5,13H2,1-2H3. The number of carbonyl (C=O) groups is 1. The van der Waals surface area contributed by atoms with Crippen LogP contribution in [0.2, 0.25) is 0 Å². The minimum atomic E-state index is -0.0219. The molecule has 0 radical (unpaired) electrons. The zero-order valence-electron chi connectivity index (χ0n) is 9.53. The summed E-state index contributed by atoms with van der Waals surface area (Å²) in [5, 5.41) is 1.06. The molecule has 0 atom stereocenters. The number of nitrogens with two attached hydrogens (primary N) is 1. The van der Waals surface area contributed by atoms with Crippen molar-refractivity contribution in [3.8, 4) is 0 Å². The van der Waals surface area contributed by atoms with Gasteiger partial charge in [0, 0.05) is 24.7 Å². The van der Waals surface area contributed by atoms with Crippen molar-refractivity contribution in [1.29, 1.82) is 0 Å². The average molecular weight is 217 g/mol. The van der Waals surface area contributed by atoms with E-state index >= 15 is 0 Å². The third-order valence-electron chi connectivity index (χ3n) is 2.73. The molecule has 2 rings (SSSR count). The molecule has 2 heterocycles. The Kier molecular flexibility index (Phi) is 2.75. The van der Waals surface area contributed by atoms with Gasteiger partial charge < -0.3 is 5.73 Å². The molecule has 0 bridgehead atoms. The van der Waals surface area contributed by atoms with Gasteiger partial charge >= 0.3 is 0 Å². The van der Waals surface area contributed by atoms with Gasteiger partial charge in [-0.05, 0) is 37.1 Å². The highest BCUT2D eigenvalue weighted by molar-refractivity contribution is 5.93. The van der Waals surface area contributed by atoms with Crippen molar-refractivity contribution in [2.24, 2.45) is 5.73 Å². The maximum Gasteiger partial charge on any atom is 0.229 e. The van der Waals surface area contributed by atoms with E-state index in [1.54, 1.807) is 10.8 Å². The second-order valence-electron chi connectivity index (χ2n) is 3.91. The second kappa shape index (κ2) is 4.06. The summed E-state index contributed by atoms with van der Waals surface area (Å²) in [5.74, 6) is -0.0219. The van der Waals surface area contributed by atoms with Crippen molar-refractivity contribution in [3.63, 3.8) is 0 Å². The fourth-order valence-electron chi connectivity index (χ4n) is 1.99. The number of hydrogen-bond donors (Lipinski definition) is 1. The van der Waals surface area contributed by atoms with Crippen LogP contribution in [0, 0.1) is 6.92 Å². The van der Waals surface area contributed by atoms with Crippen molar-refractivity contribution in [1.82, 2.24) is 9.55 Å². The van der Waals surface area contributed by atoms with E-state index in [9.17, 15) is 4.79 Å². The fourth-order valence-corrected chi connectivity index (χ4v) is 1.99. The Bertz CT molecular complexity index is 542. The van der Waals surface area contributed by atoms with E-state index in [-0.39, 0.29) is 5.91 Å². The van der Waals surface area contributed by atoms with Crippen LogP contribution in [-0.4, -0.2) is 22.0 Å². The van der Waals surface area contributed by atoms with Crippen LogP contribution in [0.5, 0.6) is 0 Å². The molecule has 0 spiro atoms. The van der Waals surface area contributed by atoms with Gasteiger partial charge in [-0.3, -0.25) is 9.36 Å². The highest BCUT2D eigenvalue weighted by Gasteiger charge is 2.13. The van der Waals surface area contributed by atoms with Crippen LogP contribution >= 0.6 is 0 Å². The van der Waals surface area contributed by atoms with Crippen molar-refractivity contribution >= 4 is 16.9 Å². The SMILES string of the molecule is CC(=O)n1cc(CCN)c2c(C)ccnc21. The molecule has 0 fully saturated rings. The molecule has 84 valence electrons. The van der Waals surface area contributed by atoms with Gasteiger partial charge in [0.05, 0.1) is 0 Å². The molecule has 0 saturated carbocycles. The zero-order valence-corrected chi connectivity index (χ0v) is 9.53. The molecule has 2 aromatic heterocycles. The summed E-state index contributed by atoms with van der Waals surface area (Å²) in [5.41, 5.74) is 8.53. The van der Waals surface area contributed by atoms with Gasteiger partial charge in [-0.25, -0.2) is 4.98 Å². The predicted molar refractivity (Wildman–Crippen MR) is 63.5 cm³/mol. The maximum absolute atomic E-state index is 11.5. The van der Waals surface area contributed by atoms with Gasteiger partial charge in [-0.1, -0.05) is 0 Å². The number of aromatic nitrogens is 2. The van der Waals surface area contributed by atoms with Gasteiger partial charge in [0.25, 0.3) is 0 Å². The van der Waals surface area contributed by atoms with Crippen molar-refractivity contribution in [2.45, 2.75) is 20.3 Å². The first kappa shape index (κ1) is 10.8. The van der Waals surface area contributed by atoms with Crippen molar-refractivity contribution in [3.05, 3.63) is 29.6 Å². The lowest BCUT2D eigenvalue weighted by atomic mass is 10.1. The maximum atomic E-state index is 11.5.